The second kappa shape index (κ2) is 9.38. The van der Waals surface area contributed by atoms with Gasteiger partial charge in [-0.05, 0) is 89.0 Å². The van der Waals surface area contributed by atoms with Crippen molar-refractivity contribution >= 4 is 32.7 Å². The summed E-state index contributed by atoms with van der Waals surface area (Å²) >= 11 is 0. The molecule has 6 aromatic carbocycles. The number of aromatic nitrogens is 3. The minimum Gasteiger partial charge on any atom is -0.309 e. The van der Waals surface area contributed by atoms with Gasteiger partial charge in [0.1, 0.15) is 5.82 Å². The average Bonchev–Trinajstić information content (AvgIpc) is 3.52. The molecule has 214 valence electrons. The summed E-state index contributed by atoms with van der Waals surface area (Å²) in [5.74, 6) is 0.621. The van der Waals surface area contributed by atoms with Gasteiger partial charge in [-0.15, -0.1) is 0 Å². The number of nitrogens with zero attached hydrogens (tertiary/aromatic N) is 3. The highest BCUT2D eigenvalue weighted by Gasteiger charge is 2.36. The van der Waals surface area contributed by atoms with E-state index in [0.717, 1.165) is 16.9 Å². The summed E-state index contributed by atoms with van der Waals surface area (Å²) in [4.78, 5) is 18.8. The molecule has 4 nitrogen and oxygen atoms in total. The van der Waals surface area contributed by atoms with Gasteiger partial charge in [-0.1, -0.05) is 86.6 Å². The maximum Gasteiger partial charge on any atom is 0.266 e. The molecule has 1 aliphatic carbocycles. The number of rotatable bonds is 3. The van der Waals surface area contributed by atoms with Crippen molar-refractivity contribution in [3.05, 3.63) is 161 Å². The lowest BCUT2D eigenvalue weighted by atomic mass is 9.82. The van der Waals surface area contributed by atoms with Crippen molar-refractivity contribution in [2.24, 2.45) is 0 Å². The van der Waals surface area contributed by atoms with Crippen LogP contribution >= 0.6 is 0 Å². The van der Waals surface area contributed by atoms with Gasteiger partial charge < -0.3 is 4.57 Å². The maximum absolute atomic E-state index is 13.8. The zero-order chi connectivity index (χ0) is 30.3. The van der Waals surface area contributed by atoms with Crippen LogP contribution in [0.4, 0.5) is 0 Å². The average molecular weight is 580 g/mol. The minimum absolute atomic E-state index is 0.0780. The first-order valence-electron chi connectivity index (χ1n) is 15.4. The van der Waals surface area contributed by atoms with Gasteiger partial charge in [-0.3, -0.25) is 9.36 Å². The second-order valence-corrected chi connectivity index (χ2v) is 12.4. The highest BCUT2D eigenvalue weighted by Crippen LogP contribution is 2.50. The van der Waals surface area contributed by atoms with Crippen molar-refractivity contribution < 1.29 is 0 Å². The van der Waals surface area contributed by atoms with Crippen molar-refractivity contribution in [1.29, 1.82) is 0 Å². The van der Waals surface area contributed by atoms with Crippen molar-refractivity contribution in [3.63, 3.8) is 0 Å². The zero-order valence-electron chi connectivity index (χ0n) is 25.0. The van der Waals surface area contributed by atoms with Crippen molar-refractivity contribution in [3.8, 4) is 33.9 Å². The molecule has 0 spiro atoms. The lowest BCUT2D eigenvalue weighted by Crippen LogP contribution is -2.21. The van der Waals surface area contributed by atoms with Gasteiger partial charge in [0.05, 0.1) is 27.6 Å². The molecule has 0 amide bonds. The van der Waals surface area contributed by atoms with Crippen LogP contribution in [0.3, 0.4) is 0 Å². The van der Waals surface area contributed by atoms with E-state index in [1.165, 1.54) is 44.1 Å². The molecule has 0 bridgehead atoms. The Kier molecular flexibility index (Phi) is 5.36. The smallest absolute Gasteiger partial charge is 0.266 e. The second-order valence-electron chi connectivity index (χ2n) is 12.4. The van der Waals surface area contributed by atoms with E-state index in [4.69, 9.17) is 4.98 Å². The molecular weight excluding hydrogens is 550 g/mol. The lowest BCUT2D eigenvalue weighted by Gasteiger charge is -2.21. The van der Waals surface area contributed by atoms with E-state index in [2.05, 4.69) is 103 Å². The molecule has 4 heteroatoms. The molecule has 0 radical (unpaired) electrons. The van der Waals surface area contributed by atoms with Crippen molar-refractivity contribution in [2.45, 2.75) is 19.3 Å². The Balaban J connectivity index is 1.26. The first kappa shape index (κ1) is 25.7. The predicted octanol–water partition coefficient (Wildman–Crippen LogP) is 9.46. The molecule has 2 aromatic heterocycles. The van der Waals surface area contributed by atoms with E-state index in [-0.39, 0.29) is 11.0 Å². The molecule has 2 heterocycles. The molecule has 0 N–H and O–H groups in total. The predicted molar refractivity (Wildman–Crippen MR) is 185 cm³/mol. The molecule has 0 fully saturated rings. The molecule has 1 aliphatic rings. The highest BCUT2D eigenvalue weighted by molar-refractivity contribution is 6.11. The molecule has 0 atom stereocenters. The van der Waals surface area contributed by atoms with Gasteiger partial charge in [-0.25, -0.2) is 4.98 Å². The van der Waals surface area contributed by atoms with Gasteiger partial charge in [0, 0.05) is 27.4 Å². The third-order valence-electron chi connectivity index (χ3n) is 9.55. The summed E-state index contributed by atoms with van der Waals surface area (Å²) in [5, 5.41) is 3.08. The van der Waals surface area contributed by atoms with Gasteiger partial charge in [0.2, 0.25) is 0 Å². The SMILES string of the molecule is CC1(C)c2ccccc2-c2cc3c4ccccc4n(-c4ccc(-c5nc6ccccc6c(=O)n5-c5ccccc5)cc4)c3cc21. The van der Waals surface area contributed by atoms with Crippen LogP contribution in [0.1, 0.15) is 25.0 Å². The Hall–Kier alpha value is -5.74. The molecule has 0 aliphatic heterocycles. The number of para-hydroxylation sites is 3. The van der Waals surface area contributed by atoms with E-state index in [1.807, 2.05) is 54.6 Å². The third kappa shape index (κ3) is 3.66. The molecule has 0 saturated carbocycles. The monoisotopic (exact) mass is 579 g/mol. The lowest BCUT2D eigenvalue weighted by molar-refractivity contribution is 0.661. The van der Waals surface area contributed by atoms with Crippen LogP contribution < -0.4 is 5.56 Å². The Morgan fingerprint density at radius 2 is 1.20 bits per heavy atom. The Labute approximate surface area is 260 Å². The Bertz CT molecular complexity index is 2520. The summed E-state index contributed by atoms with van der Waals surface area (Å²) in [5.41, 5.74) is 11.0. The highest BCUT2D eigenvalue weighted by atomic mass is 16.1. The van der Waals surface area contributed by atoms with E-state index >= 15 is 0 Å². The Morgan fingerprint density at radius 1 is 0.533 bits per heavy atom. The van der Waals surface area contributed by atoms with Crippen LogP contribution in [0.2, 0.25) is 0 Å². The van der Waals surface area contributed by atoms with E-state index in [0.29, 0.717) is 16.7 Å². The fourth-order valence-corrected chi connectivity index (χ4v) is 7.34. The Morgan fingerprint density at radius 3 is 2.02 bits per heavy atom. The van der Waals surface area contributed by atoms with Crippen LogP contribution in [0.5, 0.6) is 0 Å². The molecule has 45 heavy (non-hydrogen) atoms. The molecule has 0 unspecified atom stereocenters. The third-order valence-corrected chi connectivity index (χ3v) is 9.55. The fourth-order valence-electron chi connectivity index (χ4n) is 7.34. The standard InChI is InChI=1S/C41H29N3O/c1-41(2)34-17-9-6-14-29(34)32-24-33-30-15-8-11-19-37(30)43(38(33)25-35(32)41)28-22-20-26(21-23-28)39-42-36-18-10-7-16-31(36)40(45)44(39)27-12-4-3-5-13-27/h3-25H,1-2H3. The minimum atomic E-state index is -0.0892. The number of benzene rings is 6. The first-order valence-corrected chi connectivity index (χ1v) is 15.4. The number of hydrogen-bond acceptors (Lipinski definition) is 2. The van der Waals surface area contributed by atoms with Crippen LogP contribution in [-0.4, -0.2) is 14.1 Å². The van der Waals surface area contributed by atoms with E-state index in [9.17, 15) is 4.79 Å². The zero-order valence-corrected chi connectivity index (χ0v) is 25.0. The van der Waals surface area contributed by atoms with Gasteiger partial charge >= 0.3 is 0 Å². The molecule has 0 saturated heterocycles. The van der Waals surface area contributed by atoms with Crippen LogP contribution in [-0.2, 0) is 5.41 Å². The summed E-state index contributed by atoms with van der Waals surface area (Å²) in [7, 11) is 0. The van der Waals surface area contributed by atoms with Gasteiger partial charge in [0.25, 0.3) is 5.56 Å². The van der Waals surface area contributed by atoms with E-state index < -0.39 is 0 Å². The normalized spacial score (nSPS) is 13.4. The topological polar surface area (TPSA) is 39.8 Å². The maximum atomic E-state index is 13.8. The largest absolute Gasteiger partial charge is 0.309 e. The fraction of sp³-hybridized carbons (Fsp3) is 0.0732. The molecule has 8 aromatic rings. The number of fused-ring (bicyclic) bond motifs is 7. The van der Waals surface area contributed by atoms with Crippen molar-refractivity contribution in [2.75, 3.05) is 0 Å². The van der Waals surface area contributed by atoms with Crippen molar-refractivity contribution in [1.82, 2.24) is 14.1 Å². The van der Waals surface area contributed by atoms with Gasteiger partial charge in [0.15, 0.2) is 0 Å². The number of hydrogen-bond donors (Lipinski definition) is 0. The summed E-state index contributed by atoms with van der Waals surface area (Å²) < 4.78 is 4.09. The first-order chi connectivity index (χ1) is 22.0. The summed E-state index contributed by atoms with van der Waals surface area (Å²) in [6.07, 6.45) is 0. The molecular formula is C41H29N3O. The van der Waals surface area contributed by atoms with Crippen LogP contribution in [0.25, 0.3) is 66.6 Å². The summed E-state index contributed by atoms with van der Waals surface area (Å²) in [6.45, 7) is 4.65. The van der Waals surface area contributed by atoms with E-state index in [1.54, 1.807) is 4.57 Å². The summed E-state index contributed by atoms with van der Waals surface area (Å²) in [6, 6.07) is 48.0. The van der Waals surface area contributed by atoms with Gasteiger partial charge in [-0.2, -0.15) is 0 Å². The van der Waals surface area contributed by atoms with Crippen LogP contribution in [0.15, 0.2) is 144 Å². The quantitative estimate of drug-likeness (QED) is 0.209. The van der Waals surface area contributed by atoms with Crippen LogP contribution in [0, 0.1) is 0 Å². The molecule has 9 rings (SSSR count).